The zero-order valence-corrected chi connectivity index (χ0v) is 10.9. The molecule has 4 heteroatoms. The summed E-state index contributed by atoms with van der Waals surface area (Å²) in [6.45, 7) is 4.31. The van der Waals surface area contributed by atoms with Crippen LogP contribution in [0, 0.1) is 0 Å². The molecule has 84 valence electrons. The Morgan fingerprint density at radius 3 is 2.80 bits per heavy atom. The van der Waals surface area contributed by atoms with E-state index in [9.17, 15) is 0 Å². The molecule has 1 aliphatic rings. The van der Waals surface area contributed by atoms with E-state index in [1.807, 2.05) is 6.20 Å². The van der Waals surface area contributed by atoms with Crippen molar-refractivity contribution in [2.75, 3.05) is 0 Å². The summed E-state index contributed by atoms with van der Waals surface area (Å²) in [6.07, 6.45) is 5.46. The predicted octanol–water partition coefficient (Wildman–Crippen LogP) is 2.82. The molecule has 1 heterocycles. The van der Waals surface area contributed by atoms with Gasteiger partial charge in [-0.05, 0) is 42.6 Å². The molecule has 0 radical (unpaired) electrons. The maximum Gasteiger partial charge on any atom is 0.0635 e. The minimum Gasteiger partial charge on any atom is -0.327 e. The zero-order valence-electron chi connectivity index (χ0n) is 9.28. The van der Waals surface area contributed by atoms with Gasteiger partial charge in [-0.3, -0.25) is 4.68 Å². The quantitative estimate of drug-likeness (QED) is 0.899. The van der Waals surface area contributed by atoms with Gasteiger partial charge in [-0.15, -0.1) is 0 Å². The molecule has 0 aliphatic heterocycles. The van der Waals surface area contributed by atoms with E-state index in [2.05, 4.69) is 39.6 Å². The van der Waals surface area contributed by atoms with Gasteiger partial charge in [0.05, 0.1) is 16.4 Å². The molecule has 0 spiro atoms. The molecule has 15 heavy (non-hydrogen) atoms. The average Bonchev–Trinajstić information content (AvgIpc) is 2.71. The van der Waals surface area contributed by atoms with E-state index >= 15 is 0 Å². The van der Waals surface area contributed by atoms with Crippen molar-refractivity contribution < 1.29 is 0 Å². The fourth-order valence-electron chi connectivity index (χ4n) is 2.44. The van der Waals surface area contributed by atoms with E-state index in [0.717, 1.165) is 10.9 Å². The van der Waals surface area contributed by atoms with E-state index < -0.39 is 0 Å². The maximum absolute atomic E-state index is 6.15. The molecule has 0 aromatic carbocycles. The van der Waals surface area contributed by atoms with Gasteiger partial charge in [0.25, 0.3) is 0 Å². The summed E-state index contributed by atoms with van der Waals surface area (Å²) in [4.78, 5) is 0. The highest BCUT2D eigenvalue weighted by molar-refractivity contribution is 9.10. The molecule has 1 aliphatic carbocycles. The molecule has 1 aromatic rings. The average molecular weight is 272 g/mol. The van der Waals surface area contributed by atoms with Gasteiger partial charge < -0.3 is 5.73 Å². The van der Waals surface area contributed by atoms with Crippen LogP contribution in [0.2, 0.25) is 0 Å². The van der Waals surface area contributed by atoms with Crippen molar-refractivity contribution in [2.24, 2.45) is 5.73 Å². The van der Waals surface area contributed by atoms with Crippen LogP contribution >= 0.6 is 15.9 Å². The van der Waals surface area contributed by atoms with Crippen LogP contribution in [0.25, 0.3) is 0 Å². The Bertz CT molecular complexity index is 346. The summed E-state index contributed by atoms with van der Waals surface area (Å²) in [6, 6.07) is 0.703. The SMILES string of the molecule is CC(C)n1ncc(Br)c1C1CCCC1N. The Morgan fingerprint density at radius 1 is 1.53 bits per heavy atom. The third-order valence-electron chi connectivity index (χ3n) is 3.20. The monoisotopic (exact) mass is 271 g/mol. The molecule has 2 unspecified atom stereocenters. The lowest BCUT2D eigenvalue weighted by atomic mass is 10.00. The Balaban J connectivity index is 2.37. The van der Waals surface area contributed by atoms with Crippen molar-refractivity contribution in [3.8, 4) is 0 Å². The van der Waals surface area contributed by atoms with E-state index in [1.165, 1.54) is 18.5 Å². The first-order valence-corrected chi connectivity index (χ1v) is 6.39. The van der Waals surface area contributed by atoms with E-state index in [-0.39, 0.29) is 0 Å². The summed E-state index contributed by atoms with van der Waals surface area (Å²) in [5, 5.41) is 4.41. The lowest BCUT2D eigenvalue weighted by Gasteiger charge is -2.20. The van der Waals surface area contributed by atoms with Gasteiger partial charge in [0, 0.05) is 18.0 Å². The number of hydrogen-bond donors (Lipinski definition) is 1. The van der Waals surface area contributed by atoms with Gasteiger partial charge in [0.1, 0.15) is 0 Å². The molecule has 0 amide bonds. The smallest absolute Gasteiger partial charge is 0.0635 e. The second kappa shape index (κ2) is 4.26. The fourth-order valence-corrected chi connectivity index (χ4v) is 3.00. The lowest BCUT2D eigenvalue weighted by molar-refractivity contribution is 0.469. The first kappa shape index (κ1) is 11.1. The first-order valence-electron chi connectivity index (χ1n) is 5.59. The zero-order chi connectivity index (χ0) is 11.0. The van der Waals surface area contributed by atoms with Crippen molar-refractivity contribution in [3.05, 3.63) is 16.4 Å². The highest BCUT2D eigenvalue weighted by Gasteiger charge is 2.30. The summed E-state index contributed by atoms with van der Waals surface area (Å²) < 4.78 is 3.21. The highest BCUT2D eigenvalue weighted by atomic mass is 79.9. The Hall–Kier alpha value is -0.350. The van der Waals surface area contributed by atoms with Crippen LogP contribution in [0.15, 0.2) is 10.7 Å². The second-order valence-corrected chi connectivity index (χ2v) is 5.47. The Kier molecular flexibility index (Phi) is 3.16. The van der Waals surface area contributed by atoms with Crippen molar-refractivity contribution >= 4 is 15.9 Å². The number of hydrogen-bond acceptors (Lipinski definition) is 2. The first-order chi connectivity index (χ1) is 7.11. The van der Waals surface area contributed by atoms with Gasteiger partial charge in [0.2, 0.25) is 0 Å². The van der Waals surface area contributed by atoms with Crippen LogP contribution in [-0.2, 0) is 0 Å². The van der Waals surface area contributed by atoms with Gasteiger partial charge in [-0.1, -0.05) is 6.42 Å². The largest absolute Gasteiger partial charge is 0.327 e. The van der Waals surface area contributed by atoms with Crippen molar-refractivity contribution in [1.82, 2.24) is 9.78 Å². The van der Waals surface area contributed by atoms with Gasteiger partial charge in [0.15, 0.2) is 0 Å². The standard InChI is InChI=1S/C11H18BrN3/c1-7(2)15-11(9(12)6-14-15)8-4-3-5-10(8)13/h6-8,10H,3-5,13H2,1-2H3. The highest BCUT2D eigenvalue weighted by Crippen LogP contribution is 2.37. The van der Waals surface area contributed by atoms with Crippen molar-refractivity contribution in [3.63, 3.8) is 0 Å². The summed E-state index contributed by atoms with van der Waals surface area (Å²) in [5.41, 5.74) is 7.43. The van der Waals surface area contributed by atoms with E-state index in [4.69, 9.17) is 5.73 Å². The summed E-state index contributed by atoms with van der Waals surface area (Å²) in [7, 11) is 0. The Labute approximate surface area is 99.2 Å². The number of nitrogens with zero attached hydrogens (tertiary/aromatic N) is 2. The molecule has 3 nitrogen and oxygen atoms in total. The summed E-state index contributed by atoms with van der Waals surface area (Å²) >= 11 is 3.58. The molecule has 2 atom stereocenters. The molecule has 2 N–H and O–H groups in total. The van der Waals surface area contributed by atoms with Gasteiger partial charge >= 0.3 is 0 Å². The van der Waals surface area contributed by atoms with Crippen LogP contribution in [-0.4, -0.2) is 15.8 Å². The van der Waals surface area contributed by atoms with Crippen LogP contribution in [0.1, 0.15) is 50.8 Å². The lowest BCUT2D eigenvalue weighted by Crippen LogP contribution is -2.25. The molecular formula is C11H18BrN3. The van der Waals surface area contributed by atoms with Crippen LogP contribution in [0.3, 0.4) is 0 Å². The third kappa shape index (κ3) is 1.97. The number of nitrogens with two attached hydrogens (primary N) is 1. The molecule has 1 saturated carbocycles. The molecule has 0 saturated heterocycles. The van der Waals surface area contributed by atoms with Crippen LogP contribution in [0.5, 0.6) is 0 Å². The van der Waals surface area contributed by atoms with Crippen LogP contribution < -0.4 is 5.73 Å². The molecular weight excluding hydrogens is 254 g/mol. The normalized spacial score (nSPS) is 26.5. The molecule has 1 fully saturated rings. The predicted molar refractivity (Wildman–Crippen MR) is 64.9 cm³/mol. The Morgan fingerprint density at radius 2 is 2.27 bits per heavy atom. The number of halogens is 1. The minimum absolute atomic E-state index is 0.301. The molecule has 2 rings (SSSR count). The van der Waals surface area contributed by atoms with Crippen LogP contribution in [0.4, 0.5) is 0 Å². The maximum atomic E-state index is 6.15. The number of aromatic nitrogens is 2. The molecule has 1 aromatic heterocycles. The van der Waals surface area contributed by atoms with E-state index in [0.29, 0.717) is 18.0 Å². The van der Waals surface area contributed by atoms with Crippen molar-refractivity contribution in [1.29, 1.82) is 0 Å². The van der Waals surface area contributed by atoms with Gasteiger partial charge in [-0.2, -0.15) is 5.10 Å². The van der Waals surface area contributed by atoms with E-state index in [1.54, 1.807) is 0 Å². The van der Waals surface area contributed by atoms with Crippen molar-refractivity contribution in [2.45, 2.75) is 51.1 Å². The molecule has 0 bridgehead atoms. The third-order valence-corrected chi connectivity index (χ3v) is 3.81. The second-order valence-electron chi connectivity index (χ2n) is 4.62. The topological polar surface area (TPSA) is 43.8 Å². The fraction of sp³-hybridized carbons (Fsp3) is 0.727. The minimum atomic E-state index is 0.301. The van der Waals surface area contributed by atoms with Gasteiger partial charge in [-0.25, -0.2) is 0 Å². The number of rotatable bonds is 2. The summed E-state index contributed by atoms with van der Waals surface area (Å²) in [5.74, 6) is 0.476.